The third kappa shape index (κ3) is 9.85. The number of amides is 4. The molecule has 1 aromatic carbocycles. The van der Waals surface area contributed by atoms with E-state index in [2.05, 4.69) is 39.7 Å². The molecule has 1 saturated carbocycles. The van der Waals surface area contributed by atoms with Crippen LogP contribution in [0.1, 0.15) is 77.8 Å². The fourth-order valence-corrected chi connectivity index (χ4v) is 14.5. The molecule has 8 aliphatic rings. The maximum atomic E-state index is 16.9. The Labute approximate surface area is 459 Å². The average molecular weight is 1100 g/mol. The molecule has 22 heteroatoms. The van der Waals surface area contributed by atoms with Crippen molar-refractivity contribution in [2.45, 2.75) is 153 Å². The molecule has 0 spiro atoms. The van der Waals surface area contributed by atoms with E-state index in [9.17, 15) is 23.6 Å². The van der Waals surface area contributed by atoms with Gasteiger partial charge in [-0.2, -0.15) is 4.98 Å². The molecule has 8 fully saturated rings. The number of carbonyl (C=O) groups is 3. The molecule has 0 radical (unpaired) electrons. The quantitative estimate of drug-likeness (QED) is 0.193. The highest BCUT2D eigenvalue weighted by atomic mass is 35.5. The van der Waals surface area contributed by atoms with Gasteiger partial charge in [-0.15, -0.1) is 0 Å². The maximum Gasteiger partial charge on any atom is 0.355 e. The predicted octanol–water partition coefficient (Wildman–Crippen LogP) is 4.80. The van der Waals surface area contributed by atoms with Crippen molar-refractivity contribution in [2.75, 3.05) is 68.8 Å². The van der Waals surface area contributed by atoms with Crippen molar-refractivity contribution in [1.82, 2.24) is 55.4 Å². The Balaban J connectivity index is 0.823. The van der Waals surface area contributed by atoms with Gasteiger partial charge in [0.05, 0.1) is 53.7 Å². The number of nitrogens with zero attached hydrogens (tertiary/aromatic N) is 9. The minimum atomic E-state index is -1.39. The van der Waals surface area contributed by atoms with Crippen LogP contribution in [0.25, 0.3) is 16.7 Å². The van der Waals surface area contributed by atoms with Crippen molar-refractivity contribution in [1.29, 1.82) is 0 Å². The van der Waals surface area contributed by atoms with Crippen molar-refractivity contribution < 1.29 is 32.3 Å². The van der Waals surface area contributed by atoms with Gasteiger partial charge in [-0.05, 0) is 94.1 Å². The van der Waals surface area contributed by atoms with Crippen LogP contribution in [0.2, 0.25) is 5.02 Å². The van der Waals surface area contributed by atoms with E-state index in [1.165, 1.54) is 6.08 Å². The Morgan fingerprint density at radius 2 is 1.64 bits per heavy atom. The Morgan fingerprint density at radius 3 is 2.35 bits per heavy atom. The predicted molar refractivity (Wildman–Crippen MR) is 293 cm³/mol. The molecule has 2 bridgehead atoms. The zero-order chi connectivity index (χ0) is 54.8. The van der Waals surface area contributed by atoms with Crippen LogP contribution in [0.15, 0.2) is 53.9 Å². The standard InChI is InChI=1S/C56H75ClF3N13O5/c1-7-33-14-11-15-34(8-2)47(33)72-52-36(23-38(57)53(64-52)69-27-35(58)28-69)49(65-55(72)76)70-22-20-68(26-32(70)6)43(75)18-10-13-30(4)45-48-54(62-29-61-45)78-41-17-12-16-39(59)44(41)46-40(60)24-37-50(66-56(77)73(48)51(37)63-46)71-21-19-67(25-31(71)5)42(74)9-3/h9-11,14-15,18,23,30-32,35,37,39-41,44-46,48,50-51,54,61-63H,3,7-8,12-13,16-17,19-22,24-29H2,1-2,4-6H3,(H,66,77)/b18-10-/t30?,31-,32-,37?,39?,40?,41?,44?,45?,46?,48?,50?,51?,54?/m0/s1. The number of piperidine rings is 1. The van der Waals surface area contributed by atoms with E-state index in [4.69, 9.17) is 26.3 Å². The van der Waals surface area contributed by atoms with E-state index < -0.39 is 72.8 Å². The summed E-state index contributed by atoms with van der Waals surface area (Å²) in [4.78, 5) is 77.2. The van der Waals surface area contributed by atoms with Crippen molar-refractivity contribution in [3.8, 4) is 5.69 Å². The molecule has 18 nitrogen and oxygen atoms in total. The lowest BCUT2D eigenvalue weighted by atomic mass is 9.73. The number of pyridine rings is 1. The number of urea groups is 1. The van der Waals surface area contributed by atoms with Crippen LogP contribution < -0.4 is 36.8 Å². The lowest BCUT2D eigenvalue weighted by Gasteiger charge is -2.58. The smallest absolute Gasteiger partial charge is 0.355 e. The number of nitrogens with one attached hydrogen (secondary N) is 4. The number of hydrogen-bond donors (Lipinski definition) is 4. The zero-order valence-electron chi connectivity index (χ0n) is 45.3. The van der Waals surface area contributed by atoms with Crippen molar-refractivity contribution in [2.24, 2.45) is 17.8 Å². The highest BCUT2D eigenvalue weighted by molar-refractivity contribution is 6.33. The van der Waals surface area contributed by atoms with Crippen molar-refractivity contribution >= 4 is 52.1 Å². The number of halogens is 4. The van der Waals surface area contributed by atoms with Crippen LogP contribution in [-0.2, 0) is 27.2 Å². The number of hydrogen-bond acceptors (Lipinski definition) is 13. The molecule has 4 amide bonds. The highest BCUT2D eigenvalue weighted by Gasteiger charge is 2.60. The summed E-state index contributed by atoms with van der Waals surface area (Å²) in [5.74, 6) is -0.814. The Hall–Kier alpha value is -5.32. The van der Waals surface area contributed by atoms with Gasteiger partial charge in [-0.3, -0.25) is 30.4 Å². The second-order valence-electron chi connectivity index (χ2n) is 22.9. The summed E-state index contributed by atoms with van der Waals surface area (Å²) < 4.78 is 55.8. The van der Waals surface area contributed by atoms with Gasteiger partial charge in [0.15, 0.2) is 5.65 Å². The molecule has 7 aliphatic heterocycles. The lowest BCUT2D eigenvalue weighted by Crippen LogP contribution is -2.81. The number of fused-ring (bicyclic) bond motifs is 6. The van der Waals surface area contributed by atoms with Gasteiger partial charge < -0.3 is 34.6 Å². The molecule has 2 aromatic heterocycles. The van der Waals surface area contributed by atoms with Gasteiger partial charge in [0.2, 0.25) is 11.8 Å². The number of anilines is 2. The molecule has 12 unspecified atom stereocenters. The monoisotopic (exact) mass is 1100 g/mol. The maximum absolute atomic E-state index is 16.9. The number of benzene rings is 1. The molecule has 1 aliphatic carbocycles. The van der Waals surface area contributed by atoms with Crippen LogP contribution in [-0.4, -0.2) is 184 Å². The summed E-state index contributed by atoms with van der Waals surface area (Å²) in [5, 5.41) is 14.9. The molecule has 11 rings (SSSR count). The number of para-hydroxylation sites is 1. The molecule has 4 N–H and O–H groups in total. The first-order valence-electron chi connectivity index (χ1n) is 28.4. The van der Waals surface area contributed by atoms with Gasteiger partial charge in [0.1, 0.15) is 36.4 Å². The molecule has 3 aromatic rings. The number of aryl methyl sites for hydroxylation is 2. The first-order chi connectivity index (χ1) is 37.6. The lowest BCUT2D eigenvalue weighted by molar-refractivity contribution is -0.136. The Kier molecular flexibility index (Phi) is 15.6. The number of ether oxygens (including phenoxy) is 1. The molecule has 422 valence electrons. The molecule has 78 heavy (non-hydrogen) atoms. The molecule has 7 saturated heterocycles. The second-order valence-corrected chi connectivity index (χ2v) is 23.4. The van der Waals surface area contributed by atoms with Gasteiger partial charge in [0.25, 0.3) is 0 Å². The van der Waals surface area contributed by atoms with E-state index in [-0.39, 0.29) is 61.4 Å². The summed E-state index contributed by atoms with van der Waals surface area (Å²) in [6, 6.07) is 5.19. The molecular weight excluding hydrogens is 1030 g/mol. The van der Waals surface area contributed by atoms with Crippen LogP contribution >= 0.6 is 11.6 Å². The van der Waals surface area contributed by atoms with Gasteiger partial charge in [0, 0.05) is 81.9 Å². The van der Waals surface area contributed by atoms with Crippen LogP contribution in [0.4, 0.5) is 29.6 Å². The van der Waals surface area contributed by atoms with Crippen LogP contribution in [0, 0.1) is 17.8 Å². The topological polar surface area (TPSA) is 176 Å². The number of piperazine rings is 2. The van der Waals surface area contributed by atoms with E-state index >= 15 is 8.78 Å². The fraction of sp³-hybridized carbons (Fsp3) is 0.643. The van der Waals surface area contributed by atoms with Crippen molar-refractivity contribution in [3.05, 3.63) is 75.7 Å². The van der Waals surface area contributed by atoms with E-state index in [0.29, 0.717) is 112 Å². The van der Waals surface area contributed by atoms with E-state index in [1.807, 2.05) is 56.9 Å². The summed E-state index contributed by atoms with van der Waals surface area (Å²) in [6.45, 7) is 16.9. The summed E-state index contributed by atoms with van der Waals surface area (Å²) in [5.41, 5.74) is 2.56. The van der Waals surface area contributed by atoms with Gasteiger partial charge in [-0.25, -0.2) is 32.3 Å². The van der Waals surface area contributed by atoms with E-state index in [1.54, 1.807) is 36.3 Å². The van der Waals surface area contributed by atoms with Crippen LogP contribution in [0.3, 0.4) is 0 Å². The fourth-order valence-electron chi connectivity index (χ4n) is 14.3. The Morgan fingerprint density at radius 1 is 0.910 bits per heavy atom. The second kappa shape index (κ2) is 22.3. The zero-order valence-corrected chi connectivity index (χ0v) is 46.1. The highest BCUT2D eigenvalue weighted by Crippen LogP contribution is 2.45. The molecular formula is C56H75ClF3N13O5. The third-order valence-electron chi connectivity index (χ3n) is 18.3. The largest absolute Gasteiger partial charge is 0.357 e. The van der Waals surface area contributed by atoms with Gasteiger partial charge >= 0.3 is 11.7 Å². The first-order valence-corrected chi connectivity index (χ1v) is 28.7. The minimum Gasteiger partial charge on any atom is -0.357 e. The summed E-state index contributed by atoms with van der Waals surface area (Å²) in [7, 11) is 0. The minimum absolute atomic E-state index is 0.106. The normalized spacial score (nSPS) is 33.1. The van der Waals surface area contributed by atoms with Gasteiger partial charge in [-0.1, -0.05) is 63.2 Å². The molecule has 14 atom stereocenters. The molecule has 9 heterocycles. The number of rotatable bonds is 11. The number of allylic oxidation sites excluding steroid dienone is 1. The number of alkyl halides is 3. The van der Waals surface area contributed by atoms with Crippen molar-refractivity contribution in [3.63, 3.8) is 0 Å². The number of carbonyl (C=O) groups excluding carboxylic acids is 3. The SMILES string of the molecule is C=CC(=O)N1CCN(C2NC(=O)N3C4NC(C(F)CC42)C2C(F)CCCC2OC2NCNC(C(C)C/C=C\C(=O)N4CCN(c5nc(=O)n(-c6c(CC)cccc6CC)c6nc(N7CC(F)C7)c(Cl)cc56)[C@@H](C)C4)C23)[C@@H](C)C1. The average Bonchev–Trinajstić information content (AvgIpc) is 3.73. The first kappa shape index (κ1) is 54.6. The third-order valence-corrected chi connectivity index (χ3v) is 18.6. The number of aromatic nitrogens is 3. The Bertz CT molecular complexity index is 2850. The summed E-state index contributed by atoms with van der Waals surface area (Å²) >= 11 is 6.94. The summed E-state index contributed by atoms with van der Waals surface area (Å²) in [6.07, 6.45) is 2.05. The van der Waals surface area contributed by atoms with Crippen LogP contribution in [0.5, 0.6) is 0 Å². The van der Waals surface area contributed by atoms with E-state index in [0.717, 1.165) is 16.8 Å².